The first-order chi connectivity index (χ1) is 5.77. The Morgan fingerprint density at radius 2 is 1.92 bits per heavy atom. The summed E-state index contributed by atoms with van der Waals surface area (Å²) in [7, 11) is 0. The highest BCUT2D eigenvalue weighted by Crippen LogP contribution is 2.18. The minimum Gasteiger partial charge on any atom is -0.0587 e. The summed E-state index contributed by atoms with van der Waals surface area (Å²) in [6, 6.07) is 13.7. The third-order valence-electron chi connectivity index (χ3n) is 2.17. The topological polar surface area (TPSA) is 0 Å². The molecule has 0 heterocycles. The maximum atomic E-state index is 3.12. The molecule has 0 saturated heterocycles. The Hall–Kier alpha value is -1.30. The van der Waals surface area contributed by atoms with Gasteiger partial charge in [0.2, 0.25) is 0 Å². The van der Waals surface area contributed by atoms with Gasteiger partial charge in [-0.15, -0.1) is 0 Å². The molecule has 0 heteroatoms. The van der Waals surface area contributed by atoms with Gasteiger partial charge in [-0.25, -0.2) is 0 Å². The molecule has 2 aromatic carbocycles. The van der Waals surface area contributed by atoms with E-state index >= 15 is 0 Å². The van der Waals surface area contributed by atoms with Crippen molar-refractivity contribution >= 4 is 10.8 Å². The van der Waals surface area contributed by atoms with Gasteiger partial charge in [0.15, 0.2) is 0 Å². The van der Waals surface area contributed by atoms with Gasteiger partial charge < -0.3 is 0 Å². The summed E-state index contributed by atoms with van der Waals surface area (Å²) in [5.74, 6) is 0. The molecule has 2 rings (SSSR count). The molecule has 12 heavy (non-hydrogen) atoms. The van der Waals surface area contributed by atoms with Crippen LogP contribution < -0.4 is 0 Å². The second kappa shape index (κ2) is 2.63. The molecule has 0 nitrogen and oxygen atoms in total. The lowest BCUT2D eigenvalue weighted by atomic mass is 10.0. The second-order valence-corrected chi connectivity index (χ2v) is 3.23. The van der Waals surface area contributed by atoms with Crippen LogP contribution >= 0.6 is 0 Å². The lowest BCUT2D eigenvalue weighted by Gasteiger charge is -2.01. The molecular weight excluding hydrogens is 144 g/mol. The molecule has 0 N–H and O–H groups in total. The average molecular weight is 155 g/mol. The molecular formula is C12H11. The molecule has 0 aliphatic carbocycles. The zero-order valence-corrected chi connectivity index (χ0v) is 7.39. The number of fused-ring (bicyclic) bond motifs is 1. The van der Waals surface area contributed by atoms with Crippen molar-refractivity contribution in [2.24, 2.45) is 0 Å². The largest absolute Gasteiger partial charge is 0.0587 e. The molecule has 0 aromatic heterocycles. The van der Waals surface area contributed by atoms with Crippen molar-refractivity contribution in [3.05, 3.63) is 47.5 Å². The number of hydrogen-bond acceptors (Lipinski definition) is 0. The molecule has 0 aliphatic heterocycles. The molecule has 1 radical (unpaired) electrons. The molecule has 0 unspecified atom stereocenters. The molecule has 0 saturated carbocycles. The van der Waals surface area contributed by atoms with Crippen molar-refractivity contribution in [3.8, 4) is 0 Å². The van der Waals surface area contributed by atoms with Crippen molar-refractivity contribution in [2.45, 2.75) is 13.8 Å². The first-order valence-corrected chi connectivity index (χ1v) is 4.14. The number of benzene rings is 2. The third-order valence-corrected chi connectivity index (χ3v) is 2.17. The van der Waals surface area contributed by atoms with Crippen LogP contribution in [0.3, 0.4) is 0 Å². The quantitative estimate of drug-likeness (QED) is 0.547. The predicted molar refractivity (Wildman–Crippen MR) is 52.3 cm³/mol. The van der Waals surface area contributed by atoms with Crippen LogP contribution in [0.2, 0.25) is 0 Å². The van der Waals surface area contributed by atoms with Gasteiger partial charge in [-0.05, 0) is 42.3 Å². The molecule has 0 spiro atoms. The van der Waals surface area contributed by atoms with Gasteiger partial charge in [0, 0.05) is 0 Å². The number of hydrogen-bond donors (Lipinski definition) is 0. The van der Waals surface area contributed by atoms with Crippen LogP contribution in [0, 0.1) is 19.9 Å². The van der Waals surface area contributed by atoms with E-state index in [-0.39, 0.29) is 0 Å². The third kappa shape index (κ3) is 1.10. The molecule has 2 aromatic rings. The van der Waals surface area contributed by atoms with E-state index in [4.69, 9.17) is 0 Å². The first kappa shape index (κ1) is 7.35. The molecule has 59 valence electrons. The Morgan fingerprint density at radius 3 is 2.75 bits per heavy atom. The number of rotatable bonds is 0. The van der Waals surface area contributed by atoms with Crippen LogP contribution in [-0.4, -0.2) is 0 Å². The van der Waals surface area contributed by atoms with Crippen LogP contribution in [0.15, 0.2) is 30.3 Å². The van der Waals surface area contributed by atoms with Crippen molar-refractivity contribution in [3.63, 3.8) is 0 Å². The van der Waals surface area contributed by atoms with E-state index in [1.54, 1.807) is 0 Å². The van der Waals surface area contributed by atoms with Crippen LogP contribution in [0.25, 0.3) is 10.8 Å². The van der Waals surface area contributed by atoms with Crippen LogP contribution in [0.1, 0.15) is 11.1 Å². The van der Waals surface area contributed by atoms with E-state index in [1.165, 1.54) is 21.9 Å². The van der Waals surface area contributed by atoms with E-state index < -0.39 is 0 Å². The van der Waals surface area contributed by atoms with Gasteiger partial charge in [0.1, 0.15) is 0 Å². The van der Waals surface area contributed by atoms with Crippen LogP contribution in [-0.2, 0) is 0 Å². The minimum atomic E-state index is 1.28. The Balaban J connectivity index is 2.88. The fourth-order valence-corrected chi connectivity index (χ4v) is 1.47. The van der Waals surface area contributed by atoms with E-state index in [1.807, 2.05) is 12.1 Å². The maximum absolute atomic E-state index is 3.12. The van der Waals surface area contributed by atoms with Crippen molar-refractivity contribution < 1.29 is 0 Å². The highest BCUT2D eigenvalue weighted by molar-refractivity contribution is 5.85. The Bertz CT molecular complexity index is 413. The SMILES string of the molecule is Cc1ccc2c[c]cc(C)c2c1. The molecule has 0 aliphatic rings. The zero-order valence-electron chi connectivity index (χ0n) is 7.39. The molecule has 0 atom stereocenters. The Kier molecular flexibility index (Phi) is 1.61. The van der Waals surface area contributed by atoms with E-state index in [2.05, 4.69) is 38.1 Å². The molecule has 0 fully saturated rings. The lowest BCUT2D eigenvalue weighted by Crippen LogP contribution is -1.79. The molecule has 0 bridgehead atoms. The Morgan fingerprint density at radius 1 is 1.08 bits per heavy atom. The fourth-order valence-electron chi connectivity index (χ4n) is 1.47. The van der Waals surface area contributed by atoms with Crippen molar-refractivity contribution in [1.29, 1.82) is 0 Å². The minimum absolute atomic E-state index is 1.28. The normalized spacial score (nSPS) is 10.5. The first-order valence-electron chi connectivity index (χ1n) is 4.14. The van der Waals surface area contributed by atoms with Gasteiger partial charge in [-0.2, -0.15) is 0 Å². The summed E-state index contributed by atoms with van der Waals surface area (Å²) < 4.78 is 0. The van der Waals surface area contributed by atoms with Gasteiger partial charge in [-0.1, -0.05) is 29.8 Å². The monoisotopic (exact) mass is 155 g/mol. The predicted octanol–water partition coefficient (Wildman–Crippen LogP) is 3.26. The summed E-state index contributed by atoms with van der Waals surface area (Å²) in [5, 5.41) is 2.62. The van der Waals surface area contributed by atoms with Gasteiger partial charge in [-0.3, -0.25) is 0 Å². The Labute approximate surface area is 72.8 Å². The number of aryl methyl sites for hydroxylation is 2. The standard InChI is InChI=1S/C12H11/c1-9-6-7-11-5-3-4-10(2)12(11)8-9/h4-8H,1-2H3. The van der Waals surface area contributed by atoms with Crippen molar-refractivity contribution in [2.75, 3.05) is 0 Å². The van der Waals surface area contributed by atoms with Crippen LogP contribution in [0.4, 0.5) is 0 Å². The zero-order chi connectivity index (χ0) is 8.55. The van der Waals surface area contributed by atoms with Gasteiger partial charge in [0.05, 0.1) is 0 Å². The van der Waals surface area contributed by atoms with Gasteiger partial charge >= 0.3 is 0 Å². The smallest absolute Gasteiger partial charge is 0.0152 e. The average Bonchev–Trinajstić information content (AvgIpc) is 2.07. The lowest BCUT2D eigenvalue weighted by molar-refractivity contribution is 1.47. The van der Waals surface area contributed by atoms with E-state index in [0.29, 0.717) is 0 Å². The van der Waals surface area contributed by atoms with E-state index in [0.717, 1.165) is 0 Å². The van der Waals surface area contributed by atoms with E-state index in [9.17, 15) is 0 Å². The maximum Gasteiger partial charge on any atom is -0.0152 e. The summed E-state index contributed by atoms with van der Waals surface area (Å²) in [6.45, 7) is 4.24. The second-order valence-electron chi connectivity index (χ2n) is 3.23. The van der Waals surface area contributed by atoms with Gasteiger partial charge in [0.25, 0.3) is 0 Å². The summed E-state index contributed by atoms with van der Waals surface area (Å²) in [6.07, 6.45) is 0. The molecule has 0 amide bonds. The van der Waals surface area contributed by atoms with Crippen LogP contribution in [0.5, 0.6) is 0 Å². The summed E-state index contributed by atoms with van der Waals surface area (Å²) in [5.41, 5.74) is 2.62. The van der Waals surface area contributed by atoms with Crippen molar-refractivity contribution in [1.82, 2.24) is 0 Å². The fraction of sp³-hybridized carbons (Fsp3) is 0.167. The summed E-state index contributed by atoms with van der Waals surface area (Å²) in [4.78, 5) is 0. The highest BCUT2D eigenvalue weighted by atomic mass is 14.0. The summed E-state index contributed by atoms with van der Waals surface area (Å²) >= 11 is 0. The highest BCUT2D eigenvalue weighted by Gasteiger charge is 1.95.